The van der Waals surface area contributed by atoms with Gasteiger partial charge in [0, 0.05) is 23.3 Å². The van der Waals surface area contributed by atoms with E-state index in [1.54, 1.807) is 0 Å². The van der Waals surface area contributed by atoms with E-state index in [0.717, 1.165) is 27.3 Å². The number of rotatable bonds is 5. The first-order chi connectivity index (χ1) is 14.5. The van der Waals surface area contributed by atoms with Crippen molar-refractivity contribution in [3.63, 3.8) is 0 Å². The molecule has 0 spiro atoms. The zero-order chi connectivity index (χ0) is 21.1. The van der Waals surface area contributed by atoms with Gasteiger partial charge in [0.15, 0.2) is 5.13 Å². The second-order valence-corrected chi connectivity index (χ2v) is 7.69. The van der Waals surface area contributed by atoms with Gasteiger partial charge in [-0.05, 0) is 24.6 Å². The maximum atomic E-state index is 12.6. The molecule has 30 heavy (non-hydrogen) atoms. The molecular formula is C23H17N3O3S. The highest BCUT2D eigenvalue weighted by Gasteiger charge is 2.17. The lowest BCUT2D eigenvalue weighted by Crippen LogP contribution is -2.11. The van der Waals surface area contributed by atoms with Crippen LogP contribution in [0.4, 0.5) is 10.8 Å². The van der Waals surface area contributed by atoms with E-state index in [4.69, 9.17) is 0 Å². The van der Waals surface area contributed by atoms with Crippen molar-refractivity contribution < 1.29 is 9.72 Å². The second kappa shape index (κ2) is 8.26. The fourth-order valence-corrected chi connectivity index (χ4v) is 3.96. The van der Waals surface area contributed by atoms with Crippen molar-refractivity contribution in [3.8, 4) is 21.7 Å². The zero-order valence-electron chi connectivity index (χ0n) is 16.0. The summed E-state index contributed by atoms with van der Waals surface area (Å²) in [6.07, 6.45) is 0. The Kier molecular flexibility index (Phi) is 5.36. The molecule has 6 nitrogen and oxygen atoms in total. The molecule has 1 heterocycles. The standard InChI is InChI=1S/C23H17N3O3S/c1-15-7-9-17(10-8-15)21-20(16-5-3-2-4-6-16)24-23(30-21)25-22(27)18-11-13-19(14-12-18)26(28)29/h2-14H,1H3,(H,24,25,27). The number of nitro groups is 1. The molecule has 0 bridgehead atoms. The Labute approximate surface area is 177 Å². The molecule has 1 amide bonds. The number of nitrogens with zero attached hydrogens (tertiary/aromatic N) is 2. The van der Waals surface area contributed by atoms with Crippen LogP contribution < -0.4 is 5.32 Å². The Hall–Kier alpha value is -3.84. The van der Waals surface area contributed by atoms with Crippen LogP contribution in [0, 0.1) is 17.0 Å². The smallest absolute Gasteiger partial charge is 0.269 e. The topological polar surface area (TPSA) is 85.1 Å². The molecule has 4 aromatic rings. The molecular weight excluding hydrogens is 398 g/mol. The van der Waals surface area contributed by atoms with Crippen LogP contribution in [0.5, 0.6) is 0 Å². The lowest BCUT2D eigenvalue weighted by atomic mass is 10.1. The maximum Gasteiger partial charge on any atom is 0.269 e. The van der Waals surface area contributed by atoms with E-state index in [1.807, 2.05) is 61.5 Å². The van der Waals surface area contributed by atoms with Crippen LogP contribution in [0.15, 0.2) is 78.9 Å². The highest BCUT2D eigenvalue weighted by molar-refractivity contribution is 7.19. The SMILES string of the molecule is Cc1ccc(-c2sc(NC(=O)c3ccc([N+](=O)[O-])cc3)nc2-c2ccccc2)cc1. The summed E-state index contributed by atoms with van der Waals surface area (Å²) >= 11 is 1.39. The van der Waals surface area contributed by atoms with E-state index >= 15 is 0 Å². The van der Waals surface area contributed by atoms with Gasteiger partial charge in [-0.2, -0.15) is 0 Å². The molecule has 1 N–H and O–H groups in total. The fraction of sp³-hybridized carbons (Fsp3) is 0.0435. The third kappa shape index (κ3) is 4.11. The van der Waals surface area contributed by atoms with Gasteiger partial charge in [0.05, 0.1) is 15.5 Å². The monoisotopic (exact) mass is 415 g/mol. The van der Waals surface area contributed by atoms with E-state index in [2.05, 4.69) is 10.3 Å². The van der Waals surface area contributed by atoms with Gasteiger partial charge in [-0.3, -0.25) is 20.2 Å². The number of carbonyl (C=O) groups excluding carboxylic acids is 1. The largest absolute Gasteiger partial charge is 0.298 e. The maximum absolute atomic E-state index is 12.6. The summed E-state index contributed by atoms with van der Waals surface area (Å²) in [4.78, 5) is 28.5. The number of aromatic nitrogens is 1. The van der Waals surface area contributed by atoms with E-state index in [1.165, 1.54) is 35.6 Å². The van der Waals surface area contributed by atoms with Gasteiger partial charge in [0.1, 0.15) is 0 Å². The predicted octanol–water partition coefficient (Wildman–Crippen LogP) is 5.95. The molecule has 3 aromatic carbocycles. The van der Waals surface area contributed by atoms with Gasteiger partial charge >= 0.3 is 0 Å². The van der Waals surface area contributed by atoms with Crippen LogP contribution >= 0.6 is 11.3 Å². The minimum Gasteiger partial charge on any atom is -0.298 e. The van der Waals surface area contributed by atoms with Crippen molar-refractivity contribution in [2.75, 3.05) is 5.32 Å². The van der Waals surface area contributed by atoms with E-state index in [-0.39, 0.29) is 11.6 Å². The number of hydrogen-bond donors (Lipinski definition) is 1. The minimum atomic E-state index is -0.498. The fourth-order valence-electron chi connectivity index (χ4n) is 2.97. The molecule has 4 rings (SSSR count). The number of carbonyl (C=O) groups is 1. The molecule has 0 fully saturated rings. The average molecular weight is 415 g/mol. The molecule has 0 saturated heterocycles. The van der Waals surface area contributed by atoms with E-state index in [9.17, 15) is 14.9 Å². The van der Waals surface area contributed by atoms with Crippen LogP contribution in [-0.4, -0.2) is 15.8 Å². The van der Waals surface area contributed by atoms with Gasteiger partial charge in [-0.25, -0.2) is 4.98 Å². The van der Waals surface area contributed by atoms with Crippen LogP contribution in [0.1, 0.15) is 15.9 Å². The number of nitrogens with one attached hydrogen (secondary N) is 1. The Morgan fingerprint density at radius 2 is 1.60 bits per heavy atom. The number of amides is 1. The van der Waals surface area contributed by atoms with Gasteiger partial charge in [-0.1, -0.05) is 71.5 Å². The van der Waals surface area contributed by atoms with Crippen molar-refractivity contribution in [2.45, 2.75) is 6.92 Å². The Morgan fingerprint density at radius 3 is 2.23 bits per heavy atom. The van der Waals surface area contributed by atoms with Crippen molar-refractivity contribution >= 4 is 28.1 Å². The molecule has 0 aliphatic rings. The normalized spacial score (nSPS) is 10.6. The van der Waals surface area contributed by atoms with Crippen molar-refractivity contribution in [3.05, 3.63) is 100 Å². The molecule has 0 atom stereocenters. The third-order valence-corrected chi connectivity index (χ3v) is 5.57. The van der Waals surface area contributed by atoms with Crippen LogP contribution in [0.3, 0.4) is 0 Å². The number of thiazole rings is 1. The number of aryl methyl sites for hydroxylation is 1. The number of nitro benzene ring substituents is 1. The van der Waals surface area contributed by atoms with Crippen LogP contribution in [0.25, 0.3) is 21.7 Å². The zero-order valence-corrected chi connectivity index (χ0v) is 16.8. The molecule has 7 heteroatoms. The molecule has 148 valence electrons. The summed E-state index contributed by atoms with van der Waals surface area (Å²) in [5.41, 5.74) is 4.20. The Bertz CT molecular complexity index is 1200. The summed E-state index contributed by atoms with van der Waals surface area (Å²) in [5, 5.41) is 14.1. The lowest BCUT2D eigenvalue weighted by molar-refractivity contribution is -0.384. The molecule has 1 aromatic heterocycles. The van der Waals surface area contributed by atoms with E-state index in [0.29, 0.717) is 10.7 Å². The molecule has 0 radical (unpaired) electrons. The van der Waals surface area contributed by atoms with Crippen molar-refractivity contribution in [2.24, 2.45) is 0 Å². The third-order valence-electron chi connectivity index (χ3n) is 4.55. The first kappa shape index (κ1) is 19.5. The van der Waals surface area contributed by atoms with Crippen molar-refractivity contribution in [1.82, 2.24) is 4.98 Å². The van der Waals surface area contributed by atoms with Crippen molar-refractivity contribution in [1.29, 1.82) is 0 Å². The number of hydrogen-bond acceptors (Lipinski definition) is 5. The second-order valence-electron chi connectivity index (χ2n) is 6.69. The quantitative estimate of drug-likeness (QED) is 0.323. The number of non-ortho nitro benzene ring substituents is 1. The summed E-state index contributed by atoms with van der Waals surface area (Å²) in [6, 6.07) is 23.4. The summed E-state index contributed by atoms with van der Waals surface area (Å²) in [5.74, 6) is -0.367. The molecule has 0 aliphatic heterocycles. The molecule has 0 aliphatic carbocycles. The van der Waals surface area contributed by atoms with Gasteiger partial charge in [0.25, 0.3) is 11.6 Å². The average Bonchev–Trinajstić information content (AvgIpc) is 3.18. The summed E-state index contributed by atoms with van der Waals surface area (Å²) in [6.45, 7) is 2.03. The molecule has 0 saturated carbocycles. The Morgan fingerprint density at radius 1 is 0.933 bits per heavy atom. The van der Waals surface area contributed by atoms with Crippen LogP contribution in [-0.2, 0) is 0 Å². The predicted molar refractivity (Wildman–Crippen MR) is 119 cm³/mol. The first-order valence-electron chi connectivity index (χ1n) is 9.20. The number of benzene rings is 3. The van der Waals surface area contributed by atoms with E-state index < -0.39 is 4.92 Å². The highest BCUT2D eigenvalue weighted by atomic mass is 32.1. The van der Waals surface area contributed by atoms with Gasteiger partial charge in [-0.15, -0.1) is 0 Å². The Balaban J connectivity index is 1.67. The highest BCUT2D eigenvalue weighted by Crippen LogP contribution is 2.39. The lowest BCUT2D eigenvalue weighted by Gasteiger charge is -2.03. The minimum absolute atomic E-state index is 0.0613. The summed E-state index contributed by atoms with van der Waals surface area (Å²) in [7, 11) is 0. The van der Waals surface area contributed by atoms with Gasteiger partial charge in [0.2, 0.25) is 0 Å². The molecule has 0 unspecified atom stereocenters. The van der Waals surface area contributed by atoms with Gasteiger partial charge < -0.3 is 0 Å². The first-order valence-corrected chi connectivity index (χ1v) is 10.0. The van der Waals surface area contributed by atoms with Crippen LogP contribution in [0.2, 0.25) is 0 Å². The summed E-state index contributed by atoms with van der Waals surface area (Å²) < 4.78 is 0. The number of anilines is 1.